The van der Waals surface area contributed by atoms with E-state index in [1.54, 1.807) is 0 Å². The Balaban J connectivity index is 3.05. The number of aromatic hydroxyl groups is 1. The van der Waals surface area contributed by atoms with Crippen LogP contribution in [0.3, 0.4) is 0 Å². The molecule has 0 bridgehead atoms. The van der Waals surface area contributed by atoms with Crippen molar-refractivity contribution < 1.29 is 13.3 Å². The van der Waals surface area contributed by atoms with Crippen LogP contribution in [-0.2, 0) is 0 Å². The summed E-state index contributed by atoms with van der Waals surface area (Å²) in [6, 6.07) is -2.51. The first-order valence-electron chi connectivity index (χ1n) is 11.1. The summed E-state index contributed by atoms with van der Waals surface area (Å²) in [6.07, 6.45) is 0. The quantitative estimate of drug-likeness (QED) is 0.531. The Kier molecular flexibility index (Phi) is 3.24. The number of hydrogen-bond acceptors (Lipinski definition) is 1. The molecule has 2 aromatic rings. The third-order valence-corrected chi connectivity index (χ3v) is 11.0. The molecule has 0 saturated heterocycles. The maximum Gasteiger partial charge on any atom is 0.146 e. The van der Waals surface area contributed by atoms with Crippen LogP contribution in [0.1, 0.15) is 55.3 Å². The first kappa shape index (κ1) is 10.9. The topological polar surface area (TPSA) is 20.2 Å². The lowest BCUT2D eigenvalue weighted by Gasteiger charge is -2.38. The summed E-state index contributed by atoms with van der Waals surface area (Å²) >= 11 is 0. The minimum Gasteiger partial charge on any atom is -0.507 e. The standard InChI is InChI=1S/C21H28OSi/c1-15(2)23(16(3)4,17(5)6)14-13-19-10-7-9-18-11-8-12-20(22)21(18)19/h7-12,15-17,22H,1-6H3/i7D,8D,9D,10D,11D,12D. The molecule has 23 heavy (non-hydrogen) atoms. The van der Waals surface area contributed by atoms with Crippen molar-refractivity contribution in [1.82, 2.24) is 0 Å². The molecule has 0 atom stereocenters. The van der Waals surface area contributed by atoms with Crippen LogP contribution >= 0.6 is 0 Å². The molecule has 2 aromatic carbocycles. The zero-order valence-electron chi connectivity index (χ0n) is 20.7. The molecule has 0 aliphatic heterocycles. The first-order valence-corrected chi connectivity index (χ1v) is 10.3. The van der Waals surface area contributed by atoms with Gasteiger partial charge >= 0.3 is 0 Å². The van der Waals surface area contributed by atoms with Crippen LogP contribution in [0.2, 0.25) is 16.6 Å². The average molecular weight is 331 g/mol. The van der Waals surface area contributed by atoms with E-state index in [-0.39, 0.29) is 22.4 Å². The molecular formula is C21H28OSi. The van der Waals surface area contributed by atoms with Gasteiger partial charge in [-0.05, 0) is 34.1 Å². The summed E-state index contributed by atoms with van der Waals surface area (Å²) in [4.78, 5) is 0. The third kappa shape index (κ3) is 3.16. The van der Waals surface area contributed by atoms with Gasteiger partial charge in [-0.25, -0.2) is 0 Å². The molecule has 0 heterocycles. The maximum atomic E-state index is 10.6. The Morgan fingerprint density at radius 3 is 1.96 bits per heavy atom. The highest BCUT2D eigenvalue weighted by Gasteiger charge is 2.41. The highest BCUT2D eigenvalue weighted by atomic mass is 28.3. The second-order valence-corrected chi connectivity index (χ2v) is 12.5. The van der Waals surface area contributed by atoms with Crippen LogP contribution in [-0.4, -0.2) is 13.2 Å². The summed E-state index contributed by atoms with van der Waals surface area (Å²) in [5.74, 6) is 2.50. The largest absolute Gasteiger partial charge is 0.507 e. The summed E-state index contributed by atoms with van der Waals surface area (Å²) in [5.41, 5.74) is 4.54. The lowest BCUT2D eigenvalue weighted by atomic mass is 10.0. The van der Waals surface area contributed by atoms with Crippen molar-refractivity contribution >= 4 is 18.8 Å². The Morgan fingerprint density at radius 1 is 0.913 bits per heavy atom. The van der Waals surface area contributed by atoms with Gasteiger partial charge in [-0.15, -0.1) is 5.54 Å². The van der Waals surface area contributed by atoms with Crippen molar-refractivity contribution in [2.75, 3.05) is 0 Å². The van der Waals surface area contributed by atoms with Gasteiger partial charge in [-0.2, -0.15) is 0 Å². The second-order valence-electron chi connectivity index (χ2n) is 6.87. The lowest BCUT2D eigenvalue weighted by Crippen LogP contribution is -2.43. The molecular weight excluding hydrogens is 296 g/mol. The number of hydrogen-bond donors (Lipinski definition) is 1. The highest BCUT2D eigenvalue weighted by molar-refractivity contribution is 6.90. The first-order chi connectivity index (χ1) is 13.3. The average Bonchev–Trinajstić information content (AvgIpc) is 2.63. The summed E-state index contributed by atoms with van der Waals surface area (Å²) < 4.78 is 48.7. The van der Waals surface area contributed by atoms with Gasteiger partial charge < -0.3 is 5.11 Å². The fourth-order valence-corrected chi connectivity index (χ4v) is 8.86. The molecule has 1 nitrogen and oxygen atoms in total. The number of benzene rings is 2. The van der Waals surface area contributed by atoms with Crippen LogP contribution in [0, 0.1) is 11.5 Å². The molecule has 0 radical (unpaired) electrons. The summed E-state index contributed by atoms with van der Waals surface area (Å²) in [6.45, 7) is 12.9. The van der Waals surface area contributed by atoms with E-state index in [1.807, 2.05) is 0 Å². The van der Waals surface area contributed by atoms with E-state index in [1.165, 1.54) is 0 Å². The molecule has 0 unspecified atom stereocenters. The zero-order chi connectivity index (χ0) is 22.4. The van der Waals surface area contributed by atoms with Crippen molar-refractivity contribution in [2.24, 2.45) is 0 Å². The van der Waals surface area contributed by atoms with Gasteiger partial charge in [-0.3, -0.25) is 0 Å². The fraction of sp³-hybridized carbons (Fsp3) is 0.429. The van der Waals surface area contributed by atoms with Crippen molar-refractivity contribution in [3.05, 3.63) is 41.8 Å². The van der Waals surface area contributed by atoms with Crippen molar-refractivity contribution in [3.8, 4) is 17.2 Å². The van der Waals surface area contributed by atoms with Gasteiger partial charge in [0.15, 0.2) is 0 Å². The molecule has 0 saturated carbocycles. The van der Waals surface area contributed by atoms with Crippen molar-refractivity contribution in [2.45, 2.75) is 58.2 Å². The van der Waals surface area contributed by atoms with E-state index in [9.17, 15) is 5.11 Å². The maximum absolute atomic E-state index is 10.6. The predicted octanol–water partition coefficient (Wildman–Crippen LogP) is 6.11. The number of rotatable bonds is 3. The van der Waals surface area contributed by atoms with Gasteiger partial charge in [0.2, 0.25) is 0 Å². The molecule has 0 fully saturated rings. The van der Waals surface area contributed by atoms with E-state index in [2.05, 4.69) is 53.0 Å². The van der Waals surface area contributed by atoms with E-state index in [0.29, 0.717) is 16.6 Å². The van der Waals surface area contributed by atoms with Gasteiger partial charge in [-0.1, -0.05) is 71.6 Å². The van der Waals surface area contributed by atoms with Gasteiger partial charge in [0.25, 0.3) is 0 Å². The van der Waals surface area contributed by atoms with Gasteiger partial charge in [0.1, 0.15) is 13.8 Å². The Morgan fingerprint density at radius 2 is 1.43 bits per heavy atom. The minimum absolute atomic E-state index is 0.0336. The number of fused-ring (bicyclic) bond motifs is 1. The Labute approximate surface area is 150 Å². The minimum atomic E-state index is -2.17. The van der Waals surface area contributed by atoms with Crippen LogP contribution in [0.4, 0.5) is 0 Å². The van der Waals surface area contributed by atoms with Crippen molar-refractivity contribution in [1.29, 1.82) is 0 Å². The predicted molar refractivity (Wildman–Crippen MR) is 104 cm³/mol. The Bertz CT molecular complexity index is 1000. The van der Waals surface area contributed by atoms with Crippen LogP contribution < -0.4 is 0 Å². The number of phenols is 1. The highest BCUT2D eigenvalue weighted by Crippen LogP contribution is 2.41. The van der Waals surface area contributed by atoms with Crippen LogP contribution in [0.15, 0.2) is 36.3 Å². The van der Waals surface area contributed by atoms with Crippen LogP contribution in [0.25, 0.3) is 10.8 Å². The van der Waals surface area contributed by atoms with Gasteiger partial charge in [0.05, 0.1) is 8.22 Å². The molecule has 2 rings (SSSR count). The molecule has 0 aromatic heterocycles. The lowest BCUT2D eigenvalue weighted by molar-refractivity contribution is 0.481. The molecule has 122 valence electrons. The van der Waals surface area contributed by atoms with Crippen LogP contribution in [0.5, 0.6) is 5.75 Å². The Hall–Kier alpha value is -1.72. The monoisotopic (exact) mass is 330 g/mol. The second kappa shape index (κ2) is 6.80. The fourth-order valence-electron chi connectivity index (χ4n) is 3.65. The molecule has 0 spiro atoms. The van der Waals surface area contributed by atoms with Crippen molar-refractivity contribution in [3.63, 3.8) is 0 Å². The molecule has 0 amide bonds. The van der Waals surface area contributed by atoms with E-state index >= 15 is 0 Å². The van der Waals surface area contributed by atoms with E-state index in [0.717, 1.165) is 0 Å². The van der Waals surface area contributed by atoms with E-state index < -0.39 is 44.0 Å². The SMILES string of the molecule is [2H]c1c([2H])c(O)c2c(C#C[Si](C(C)C)(C(C)C)C(C)C)c([2H])c([2H])c([2H])c2c1[2H]. The summed E-state index contributed by atoms with van der Waals surface area (Å²) in [5, 5.41) is 10.4. The zero-order valence-corrected chi connectivity index (χ0v) is 15.7. The van der Waals surface area contributed by atoms with Gasteiger partial charge in [0, 0.05) is 10.9 Å². The molecule has 0 aliphatic rings. The molecule has 0 aliphatic carbocycles. The smallest absolute Gasteiger partial charge is 0.146 e. The number of phenolic OH excluding ortho intramolecular Hbond substituents is 1. The third-order valence-electron chi connectivity index (χ3n) is 4.75. The molecule has 2 heteroatoms. The summed E-state index contributed by atoms with van der Waals surface area (Å²) in [7, 11) is -2.17. The van der Waals surface area contributed by atoms with E-state index in [4.69, 9.17) is 8.22 Å². The normalized spacial score (nSPS) is 15.7. The molecule has 1 N–H and O–H groups in total.